The van der Waals surface area contributed by atoms with Gasteiger partial charge in [-0.1, -0.05) is 17.7 Å². The Balaban J connectivity index is 2.19. The molecule has 0 atom stereocenters. The van der Waals surface area contributed by atoms with E-state index in [1.807, 2.05) is 24.4 Å². The van der Waals surface area contributed by atoms with E-state index in [1.165, 1.54) is 0 Å². The maximum absolute atomic E-state index is 11.8. The third kappa shape index (κ3) is 6.12. The smallest absolute Gasteiger partial charge is 0.315 e. The average molecular weight is 285 g/mol. The van der Waals surface area contributed by atoms with Crippen LogP contribution in [0.25, 0.3) is 0 Å². The van der Waals surface area contributed by atoms with Crippen molar-refractivity contribution in [3.8, 4) is 0 Å². The highest BCUT2D eigenvalue weighted by atomic mass is 19.3. The molecule has 0 aromatic heterocycles. The highest BCUT2D eigenvalue weighted by molar-refractivity contribution is 5.94. The van der Waals surface area contributed by atoms with Crippen LogP contribution in [0.2, 0.25) is 0 Å². The van der Waals surface area contributed by atoms with Gasteiger partial charge < -0.3 is 16.0 Å². The van der Waals surface area contributed by atoms with Crippen molar-refractivity contribution < 1.29 is 18.4 Å². The number of amides is 3. The van der Waals surface area contributed by atoms with Crippen LogP contribution in [0.3, 0.4) is 0 Å². The van der Waals surface area contributed by atoms with Crippen LogP contribution in [-0.4, -0.2) is 38.0 Å². The molecule has 1 rings (SSSR count). The molecule has 0 heterocycles. The Hall–Kier alpha value is -2.18. The second-order valence-electron chi connectivity index (χ2n) is 4.15. The third-order valence-electron chi connectivity index (χ3n) is 2.43. The summed E-state index contributed by atoms with van der Waals surface area (Å²) in [4.78, 5) is 22.7. The SMILES string of the molecule is Cc1ccc(C(=O)NCCNC(=O)NCC(F)F)cc1. The molecular formula is C13H17F2N3O2. The number of rotatable bonds is 6. The normalized spacial score (nSPS) is 10.2. The van der Waals surface area contributed by atoms with Crippen molar-refractivity contribution in [2.75, 3.05) is 19.6 Å². The zero-order valence-corrected chi connectivity index (χ0v) is 11.1. The minimum Gasteiger partial charge on any atom is -0.350 e. The first kappa shape index (κ1) is 15.9. The van der Waals surface area contributed by atoms with Crippen LogP contribution in [0, 0.1) is 6.92 Å². The van der Waals surface area contributed by atoms with E-state index in [9.17, 15) is 18.4 Å². The molecule has 0 radical (unpaired) electrons. The molecule has 20 heavy (non-hydrogen) atoms. The van der Waals surface area contributed by atoms with Gasteiger partial charge in [0.1, 0.15) is 0 Å². The molecule has 110 valence electrons. The first-order valence-electron chi connectivity index (χ1n) is 6.13. The molecule has 5 nitrogen and oxygen atoms in total. The lowest BCUT2D eigenvalue weighted by atomic mass is 10.1. The van der Waals surface area contributed by atoms with Crippen LogP contribution in [0.5, 0.6) is 0 Å². The maximum atomic E-state index is 11.8. The molecule has 1 aromatic carbocycles. The highest BCUT2D eigenvalue weighted by Gasteiger charge is 2.06. The molecule has 0 aliphatic rings. The summed E-state index contributed by atoms with van der Waals surface area (Å²) in [6.07, 6.45) is -2.58. The summed E-state index contributed by atoms with van der Waals surface area (Å²) in [6.45, 7) is 1.60. The molecule has 0 aliphatic heterocycles. The van der Waals surface area contributed by atoms with Gasteiger partial charge in [0.2, 0.25) is 0 Å². The van der Waals surface area contributed by atoms with Gasteiger partial charge in [0.05, 0.1) is 6.54 Å². The summed E-state index contributed by atoms with van der Waals surface area (Å²) >= 11 is 0. The van der Waals surface area contributed by atoms with E-state index < -0.39 is 19.0 Å². The summed E-state index contributed by atoms with van der Waals surface area (Å²) in [6, 6.07) is 6.37. The van der Waals surface area contributed by atoms with Crippen LogP contribution < -0.4 is 16.0 Å². The Bertz CT molecular complexity index is 449. The van der Waals surface area contributed by atoms with E-state index >= 15 is 0 Å². The van der Waals surface area contributed by atoms with Crippen LogP contribution in [-0.2, 0) is 0 Å². The molecule has 0 unspecified atom stereocenters. The lowest BCUT2D eigenvalue weighted by Gasteiger charge is -2.08. The second kappa shape index (κ2) is 8.08. The average Bonchev–Trinajstić information content (AvgIpc) is 2.42. The van der Waals surface area contributed by atoms with Gasteiger partial charge in [0.15, 0.2) is 0 Å². The summed E-state index contributed by atoms with van der Waals surface area (Å²) in [7, 11) is 0. The van der Waals surface area contributed by atoms with Crippen molar-refractivity contribution in [3.63, 3.8) is 0 Å². The number of aryl methyl sites for hydroxylation is 1. The van der Waals surface area contributed by atoms with E-state index in [4.69, 9.17) is 0 Å². The van der Waals surface area contributed by atoms with Crippen LogP contribution in [0.15, 0.2) is 24.3 Å². The second-order valence-corrected chi connectivity index (χ2v) is 4.15. The first-order valence-corrected chi connectivity index (χ1v) is 6.13. The lowest BCUT2D eigenvalue weighted by molar-refractivity contribution is 0.0954. The van der Waals surface area contributed by atoms with Crippen molar-refractivity contribution in [1.29, 1.82) is 0 Å². The fourth-order valence-electron chi connectivity index (χ4n) is 1.39. The van der Waals surface area contributed by atoms with Crippen molar-refractivity contribution in [3.05, 3.63) is 35.4 Å². The maximum Gasteiger partial charge on any atom is 0.315 e. The number of alkyl halides is 2. The predicted octanol–water partition coefficient (Wildman–Crippen LogP) is 1.29. The molecule has 0 aliphatic carbocycles. The quantitative estimate of drug-likeness (QED) is 0.689. The Morgan fingerprint density at radius 2 is 1.65 bits per heavy atom. The van der Waals surface area contributed by atoms with Gasteiger partial charge in [-0.25, -0.2) is 13.6 Å². The molecule has 3 N–H and O–H groups in total. The van der Waals surface area contributed by atoms with Crippen LogP contribution in [0.4, 0.5) is 13.6 Å². The third-order valence-corrected chi connectivity index (χ3v) is 2.43. The van der Waals surface area contributed by atoms with Gasteiger partial charge in [0.25, 0.3) is 12.3 Å². The van der Waals surface area contributed by atoms with Gasteiger partial charge in [-0.15, -0.1) is 0 Å². The van der Waals surface area contributed by atoms with Gasteiger partial charge >= 0.3 is 6.03 Å². The van der Waals surface area contributed by atoms with Gasteiger partial charge in [-0.2, -0.15) is 0 Å². The zero-order valence-electron chi connectivity index (χ0n) is 11.1. The molecule has 7 heteroatoms. The summed E-state index contributed by atoms with van der Waals surface area (Å²) in [5.74, 6) is -0.250. The van der Waals surface area contributed by atoms with E-state index in [0.29, 0.717) is 5.56 Å². The predicted molar refractivity (Wildman–Crippen MR) is 70.9 cm³/mol. The van der Waals surface area contributed by atoms with E-state index in [2.05, 4.69) is 10.6 Å². The fraction of sp³-hybridized carbons (Fsp3) is 0.385. The van der Waals surface area contributed by atoms with Crippen molar-refractivity contribution in [2.24, 2.45) is 0 Å². The number of halogens is 2. The van der Waals surface area contributed by atoms with Crippen LogP contribution in [0.1, 0.15) is 15.9 Å². The molecule has 0 saturated carbocycles. The summed E-state index contributed by atoms with van der Waals surface area (Å²) in [5, 5.41) is 6.96. The van der Waals surface area contributed by atoms with Crippen molar-refractivity contribution in [2.45, 2.75) is 13.3 Å². The standard InChI is InChI=1S/C13H17F2N3O2/c1-9-2-4-10(5-3-9)12(19)16-6-7-17-13(20)18-8-11(14)15/h2-5,11H,6-8H2,1H3,(H,16,19)(H2,17,18,20). The summed E-state index contributed by atoms with van der Waals surface area (Å²) in [5.41, 5.74) is 1.58. The molecule has 0 saturated heterocycles. The molecule has 1 aromatic rings. The molecule has 3 amide bonds. The highest BCUT2D eigenvalue weighted by Crippen LogP contribution is 2.02. The monoisotopic (exact) mass is 285 g/mol. The molecular weight excluding hydrogens is 268 g/mol. The number of nitrogens with one attached hydrogen (secondary N) is 3. The van der Waals surface area contributed by atoms with E-state index in [0.717, 1.165) is 5.56 Å². The van der Waals surface area contributed by atoms with E-state index in [-0.39, 0.29) is 19.0 Å². The van der Waals surface area contributed by atoms with Gasteiger partial charge in [-0.3, -0.25) is 4.79 Å². The minimum absolute atomic E-state index is 0.159. The Morgan fingerprint density at radius 1 is 1.05 bits per heavy atom. The summed E-state index contributed by atoms with van der Waals surface area (Å²) < 4.78 is 23.6. The molecule has 0 bridgehead atoms. The van der Waals surface area contributed by atoms with Gasteiger partial charge in [-0.05, 0) is 19.1 Å². The fourth-order valence-corrected chi connectivity index (χ4v) is 1.39. The number of hydrogen-bond donors (Lipinski definition) is 3. The zero-order chi connectivity index (χ0) is 15.0. The van der Waals surface area contributed by atoms with Crippen LogP contribution >= 0.6 is 0 Å². The first-order chi connectivity index (χ1) is 9.49. The topological polar surface area (TPSA) is 70.2 Å². The lowest BCUT2D eigenvalue weighted by Crippen LogP contribution is -2.41. The Morgan fingerprint density at radius 3 is 2.25 bits per heavy atom. The molecule has 0 fully saturated rings. The van der Waals surface area contributed by atoms with Crippen molar-refractivity contribution >= 4 is 11.9 Å². The minimum atomic E-state index is -2.58. The number of urea groups is 1. The van der Waals surface area contributed by atoms with E-state index in [1.54, 1.807) is 12.1 Å². The van der Waals surface area contributed by atoms with Crippen molar-refractivity contribution in [1.82, 2.24) is 16.0 Å². The van der Waals surface area contributed by atoms with Gasteiger partial charge in [0, 0.05) is 18.7 Å². The molecule has 0 spiro atoms. The number of carbonyl (C=O) groups excluding carboxylic acids is 2. The Kier molecular flexibility index (Phi) is 6.42. The largest absolute Gasteiger partial charge is 0.350 e. The number of hydrogen-bond acceptors (Lipinski definition) is 2. The Labute approximate surface area is 115 Å². The number of carbonyl (C=O) groups is 2. The number of benzene rings is 1.